The van der Waals surface area contributed by atoms with E-state index in [9.17, 15) is 9.18 Å². The second-order valence-corrected chi connectivity index (χ2v) is 6.22. The van der Waals surface area contributed by atoms with Crippen molar-refractivity contribution in [2.75, 3.05) is 7.05 Å². The molecule has 1 saturated carbocycles. The average molecular weight is 331 g/mol. The topological polar surface area (TPSA) is 42.7 Å². The monoisotopic (exact) mass is 331 g/mol. The van der Waals surface area contributed by atoms with Gasteiger partial charge in [-0.15, -0.1) is 0 Å². The van der Waals surface area contributed by atoms with Crippen LogP contribution in [0.3, 0.4) is 0 Å². The van der Waals surface area contributed by atoms with Crippen LogP contribution in [0.2, 0.25) is 0 Å². The molecule has 4 nitrogen and oxygen atoms in total. The molecule has 1 amide bonds. The SMILES string of the molecule is CN(C(=O)c1ccc(COc2ccc(F)cc2)o1)C1CCCCC1. The minimum absolute atomic E-state index is 0.0880. The van der Waals surface area contributed by atoms with Crippen LogP contribution in [0.25, 0.3) is 0 Å². The van der Waals surface area contributed by atoms with Crippen LogP contribution >= 0.6 is 0 Å². The van der Waals surface area contributed by atoms with Crippen LogP contribution in [0.15, 0.2) is 40.8 Å². The molecule has 0 aliphatic heterocycles. The fourth-order valence-electron chi connectivity index (χ4n) is 3.06. The highest BCUT2D eigenvalue weighted by Gasteiger charge is 2.24. The molecule has 0 N–H and O–H groups in total. The molecule has 1 aromatic carbocycles. The zero-order valence-electron chi connectivity index (χ0n) is 13.8. The number of furan rings is 1. The van der Waals surface area contributed by atoms with Crippen LogP contribution in [-0.4, -0.2) is 23.9 Å². The Morgan fingerprint density at radius 2 is 1.88 bits per heavy atom. The lowest BCUT2D eigenvalue weighted by molar-refractivity contribution is 0.0660. The van der Waals surface area contributed by atoms with Crippen LogP contribution in [-0.2, 0) is 6.61 Å². The van der Waals surface area contributed by atoms with Gasteiger partial charge in [-0.2, -0.15) is 0 Å². The average Bonchev–Trinajstić information content (AvgIpc) is 3.10. The molecule has 3 rings (SSSR count). The molecule has 0 bridgehead atoms. The molecule has 128 valence electrons. The van der Waals surface area contributed by atoms with Gasteiger partial charge in [-0.25, -0.2) is 4.39 Å². The van der Waals surface area contributed by atoms with Crippen molar-refractivity contribution < 1.29 is 18.3 Å². The lowest BCUT2D eigenvalue weighted by atomic mass is 9.94. The van der Waals surface area contributed by atoms with E-state index in [4.69, 9.17) is 9.15 Å². The van der Waals surface area contributed by atoms with Crippen molar-refractivity contribution in [3.8, 4) is 5.75 Å². The van der Waals surface area contributed by atoms with Crippen molar-refractivity contribution >= 4 is 5.91 Å². The van der Waals surface area contributed by atoms with E-state index < -0.39 is 0 Å². The highest BCUT2D eigenvalue weighted by Crippen LogP contribution is 2.23. The van der Waals surface area contributed by atoms with Crippen molar-refractivity contribution in [2.24, 2.45) is 0 Å². The first-order valence-corrected chi connectivity index (χ1v) is 8.38. The second kappa shape index (κ2) is 7.51. The summed E-state index contributed by atoms with van der Waals surface area (Å²) in [6.07, 6.45) is 5.73. The van der Waals surface area contributed by atoms with E-state index in [1.807, 2.05) is 7.05 Å². The molecule has 24 heavy (non-hydrogen) atoms. The number of hydrogen-bond donors (Lipinski definition) is 0. The maximum atomic E-state index is 12.9. The van der Waals surface area contributed by atoms with E-state index in [0.29, 0.717) is 23.3 Å². The molecule has 0 saturated heterocycles. The number of nitrogens with zero attached hydrogens (tertiary/aromatic N) is 1. The van der Waals surface area contributed by atoms with Crippen molar-refractivity contribution in [2.45, 2.75) is 44.8 Å². The normalized spacial score (nSPS) is 15.2. The van der Waals surface area contributed by atoms with Crippen molar-refractivity contribution in [1.29, 1.82) is 0 Å². The first kappa shape index (κ1) is 16.6. The summed E-state index contributed by atoms with van der Waals surface area (Å²) in [6, 6.07) is 9.52. The molecule has 0 unspecified atom stereocenters. The van der Waals surface area contributed by atoms with Gasteiger partial charge >= 0.3 is 0 Å². The summed E-state index contributed by atoms with van der Waals surface area (Å²) in [5, 5.41) is 0. The van der Waals surface area contributed by atoms with E-state index >= 15 is 0 Å². The second-order valence-electron chi connectivity index (χ2n) is 6.22. The summed E-state index contributed by atoms with van der Waals surface area (Å²) in [6.45, 7) is 0.200. The quantitative estimate of drug-likeness (QED) is 0.815. The van der Waals surface area contributed by atoms with E-state index in [1.165, 1.54) is 31.4 Å². The Bertz CT molecular complexity index is 674. The van der Waals surface area contributed by atoms with E-state index in [1.54, 1.807) is 29.2 Å². The van der Waals surface area contributed by atoms with Gasteiger partial charge in [0.15, 0.2) is 5.76 Å². The van der Waals surface area contributed by atoms with Crippen molar-refractivity contribution in [1.82, 2.24) is 4.90 Å². The molecule has 0 atom stereocenters. The number of ether oxygens (including phenoxy) is 1. The van der Waals surface area contributed by atoms with Gasteiger partial charge in [-0.1, -0.05) is 19.3 Å². The maximum absolute atomic E-state index is 12.9. The molecular weight excluding hydrogens is 309 g/mol. The van der Waals surface area contributed by atoms with Gasteiger partial charge in [0.05, 0.1) is 0 Å². The number of carbonyl (C=O) groups excluding carboxylic acids is 1. The highest BCUT2D eigenvalue weighted by molar-refractivity contribution is 5.91. The van der Waals surface area contributed by atoms with Gasteiger partial charge in [0.1, 0.15) is 23.9 Å². The number of carbonyl (C=O) groups is 1. The Morgan fingerprint density at radius 3 is 2.58 bits per heavy atom. The zero-order valence-corrected chi connectivity index (χ0v) is 13.8. The van der Waals surface area contributed by atoms with Crippen LogP contribution in [0.1, 0.15) is 48.4 Å². The Hall–Kier alpha value is -2.30. The van der Waals surface area contributed by atoms with Crippen LogP contribution in [0.5, 0.6) is 5.75 Å². The molecule has 0 radical (unpaired) electrons. The largest absolute Gasteiger partial charge is 0.486 e. The predicted octanol–water partition coefficient (Wildman–Crippen LogP) is 4.40. The molecular formula is C19H22FNO3. The standard InChI is InChI=1S/C19H22FNO3/c1-21(15-5-3-2-4-6-15)19(22)18-12-11-17(24-18)13-23-16-9-7-14(20)8-10-16/h7-12,15H,2-6,13H2,1H3. The predicted molar refractivity (Wildman–Crippen MR) is 88.4 cm³/mol. The molecule has 1 aliphatic carbocycles. The van der Waals surface area contributed by atoms with Crippen LogP contribution < -0.4 is 4.74 Å². The smallest absolute Gasteiger partial charge is 0.289 e. The lowest BCUT2D eigenvalue weighted by Gasteiger charge is -2.30. The minimum Gasteiger partial charge on any atom is -0.486 e. The molecule has 0 spiro atoms. The molecule has 1 aliphatic rings. The van der Waals surface area contributed by atoms with E-state index in [-0.39, 0.29) is 18.3 Å². The van der Waals surface area contributed by atoms with Gasteiger partial charge in [0, 0.05) is 13.1 Å². The summed E-state index contributed by atoms with van der Waals surface area (Å²) in [4.78, 5) is 14.3. The first-order chi connectivity index (χ1) is 11.6. The Kier molecular flexibility index (Phi) is 5.18. The summed E-state index contributed by atoms with van der Waals surface area (Å²) < 4.78 is 24.0. The molecule has 1 aromatic heterocycles. The fraction of sp³-hybridized carbons (Fsp3) is 0.421. The maximum Gasteiger partial charge on any atom is 0.289 e. The number of amides is 1. The third kappa shape index (κ3) is 3.96. The zero-order chi connectivity index (χ0) is 16.9. The van der Waals surface area contributed by atoms with E-state index in [0.717, 1.165) is 12.8 Å². The van der Waals surface area contributed by atoms with Gasteiger partial charge in [-0.3, -0.25) is 4.79 Å². The Morgan fingerprint density at radius 1 is 1.17 bits per heavy atom. The summed E-state index contributed by atoms with van der Waals surface area (Å²) >= 11 is 0. The van der Waals surface area contributed by atoms with E-state index in [2.05, 4.69) is 0 Å². The summed E-state index contributed by atoms with van der Waals surface area (Å²) in [5.74, 6) is 1.06. The number of rotatable bonds is 5. The third-order valence-corrected chi connectivity index (χ3v) is 4.51. The van der Waals surface area contributed by atoms with Crippen molar-refractivity contribution in [3.63, 3.8) is 0 Å². The van der Waals surface area contributed by atoms with Crippen LogP contribution in [0.4, 0.5) is 4.39 Å². The number of benzene rings is 1. The Labute approximate surface area is 141 Å². The molecule has 1 heterocycles. The highest BCUT2D eigenvalue weighted by atomic mass is 19.1. The van der Waals surface area contributed by atoms with Gasteiger partial charge < -0.3 is 14.1 Å². The molecule has 2 aromatic rings. The lowest BCUT2D eigenvalue weighted by Crippen LogP contribution is -2.38. The third-order valence-electron chi connectivity index (χ3n) is 4.51. The van der Waals surface area contributed by atoms with Crippen LogP contribution in [0, 0.1) is 5.82 Å². The first-order valence-electron chi connectivity index (χ1n) is 8.38. The number of halogens is 1. The summed E-state index contributed by atoms with van der Waals surface area (Å²) in [7, 11) is 1.84. The summed E-state index contributed by atoms with van der Waals surface area (Å²) in [5.41, 5.74) is 0. The fourth-order valence-corrected chi connectivity index (χ4v) is 3.06. The van der Waals surface area contributed by atoms with Gasteiger partial charge in [-0.05, 0) is 49.2 Å². The molecule has 5 heteroatoms. The minimum atomic E-state index is -0.306. The number of hydrogen-bond acceptors (Lipinski definition) is 3. The molecule has 1 fully saturated rings. The van der Waals surface area contributed by atoms with Gasteiger partial charge in [0.2, 0.25) is 0 Å². The Balaban J connectivity index is 1.57. The van der Waals surface area contributed by atoms with Crippen molar-refractivity contribution in [3.05, 3.63) is 53.7 Å². The van der Waals surface area contributed by atoms with Gasteiger partial charge in [0.25, 0.3) is 5.91 Å².